The molecule has 0 radical (unpaired) electrons. The number of aliphatic hydroxyl groups excluding tert-OH is 1. The number of β-amino-alcohol motifs (C(OH)–C–C–N with tert-alkyl or cyclic N) is 1. The highest BCUT2D eigenvalue weighted by atomic mass is 16.5. The predicted octanol–water partition coefficient (Wildman–Crippen LogP) is 0.519. The highest BCUT2D eigenvalue weighted by Crippen LogP contribution is 2.10. The molecule has 0 aromatic carbocycles. The second kappa shape index (κ2) is 6.84. The predicted molar refractivity (Wildman–Crippen MR) is 75.5 cm³/mol. The lowest BCUT2D eigenvalue weighted by Crippen LogP contribution is -2.44. The lowest BCUT2D eigenvalue weighted by molar-refractivity contribution is 0.0162. The first-order valence-electron chi connectivity index (χ1n) is 6.78. The fraction of sp³-hybridized carbons (Fsp3) is 0.643. The molecule has 5 heteroatoms. The van der Waals surface area contributed by atoms with E-state index in [9.17, 15) is 5.11 Å². The third-order valence-electron chi connectivity index (χ3n) is 3.32. The van der Waals surface area contributed by atoms with E-state index < -0.39 is 0 Å². The SMILES string of the molecule is Cc1cccc(N(C)CC(O)CN2CCOCC2)n1. The van der Waals surface area contributed by atoms with Gasteiger partial charge in [0.25, 0.3) is 0 Å². The van der Waals surface area contributed by atoms with Crippen molar-refractivity contribution in [3.63, 3.8) is 0 Å². The van der Waals surface area contributed by atoms with Crippen LogP contribution in [0.4, 0.5) is 5.82 Å². The second-order valence-electron chi connectivity index (χ2n) is 5.08. The number of aliphatic hydroxyl groups is 1. The van der Waals surface area contributed by atoms with Gasteiger partial charge in [0.1, 0.15) is 5.82 Å². The van der Waals surface area contributed by atoms with E-state index >= 15 is 0 Å². The zero-order valence-electron chi connectivity index (χ0n) is 11.7. The summed E-state index contributed by atoms with van der Waals surface area (Å²) in [5.41, 5.74) is 0.993. The van der Waals surface area contributed by atoms with E-state index in [2.05, 4.69) is 9.88 Å². The molecule has 1 unspecified atom stereocenters. The monoisotopic (exact) mass is 265 g/mol. The number of hydrogen-bond acceptors (Lipinski definition) is 5. The Kier molecular flexibility index (Phi) is 5.13. The average molecular weight is 265 g/mol. The molecule has 1 aromatic heterocycles. The van der Waals surface area contributed by atoms with Crippen molar-refractivity contribution < 1.29 is 9.84 Å². The molecule has 0 aliphatic carbocycles. The Balaban J connectivity index is 1.82. The Bertz CT molecular complexity index is 394. The van der Waals surface area contributed by atoms with Crippen LogP contribution in [0.5, 0.6) is 0 Å². The van der Waals surface area contributed by atoms with E-state index in [0.717, 1.165) is 37.8 Å². The number of ether oxygens (including phenoxy) is 1. The summed E-state index contributed by atoms with van der Waals surface area (Å²) in [5.74, 6) is 0.904. The van der Waals surface area contributed by atoms with Crippen molar-refractivity contribution in [3.05, 3.63) is 23.9 Å². The van der Waals surface area contributed by atoms with Gasteiger partial charge in [-0.05, 0) is 19.1 Å². The molecule has 106 valence electrons. The van der Waals surface area contributed by atoms with Crippen LogP contribution in [0.3, 0.4) is 0 Å². The van der Waals surface area contributed by atoms with Gasteiger partial charge in [-0.1, -0.05) is 6.07 Å². The molecule has 1 fully saturated rings. The summed E-state index contributed by atoms with van der Waals surface area (Å²) >= 11 is 0. The second-order valence-corrected chi connectivity index (χ2v) is 5.08. The van der Waals surface area contributed by atoms with E-state index in [1.165, 1.54) is 0 Å². The van der Waals surface area contributed by atoms with Crippen molar-refractivity contribution in [2.75, 3.05) is 51.3 Å². The number of hydrogen-bond donors (Lipinski definition) is 1. The number of aromatic nitrogens is 1. The van der Waals surface area contributed by atoms with Crippen molar-refractivity contribution in [2.24, 2.45) is 0 Å². The topological polar surface area (TPSA) is 48.8 Å². The van der Waals surface area contributed by atoms with Crippen LogP contribution >= 0.6 is 0 Å². The molecule has 19 heavy (non-hydrogen) atoms. The number of pyridine rings is 1. The first-order chi connectivity index (χ1) is 9.15. The van der Waals surface area contributed by atoms with Gasteiger partial charge in [-0.2, -0.15) is 0 Å². The van der Waals surface area contributed by atoms with Crippen LogP contribution in [0.25, 0.3) is 0 Å². The van der Waals surface area contributed by atoms with Gasteiger partial charge in [0.05, 0.1) is 19.3 Å². The third-order valence-corrected chi connectivity index (χ3v) is 3.32. The highest BCUT2D eigenvalue weighted by molar-refractivity contribution is 5.38. The first kappa shape index (κ1) is 14.2. The van der Waals surface area contributed by atoms with Crippen LogP contribution < -0.4 is 4.90 Å². The summed E-state index contributed by atoms with van der Waals surface area (Å²) in [5, 5.41) is 10.2. The fourth-order valence-corrected chi connectivity index (χ4v) is 2.29. The van der Waals surface area contributed by atoms with Crippen LogP contribution in [0.1, 0.15) is 5.69 Å². The first-order valence-corrected chi connectivity index (χ1v) is 6.78. The number of anilines is 1. The minimum absolute atomic E-state index is 0.370. The van der Waals surface area contributed by atoms with Gasteiger partial charge in [0.2, 0.25) is 0 Å². The maximum atomic E-state index is 10.2. The largest absolute Gasteiger partial charge is 0.390 e. The van der Waals surface area contributed by atoms with Gasteiger partial charge in [0, 0.05) is 38.9 Å². The summed E-state index contributed by atoms with van der Waals surface area (Å²) in [6.07, 6.45) is -0.370. The van der Waals surface area contributed by atoms with E-state index in [0.29, 0.717) is 13.1 Å². The fourth-order valence-electron chi connectivity index (χ4n) is 2.29. The molecule has 0 bridgehead atoms. The lowest BCUT2D eigenvalue weighted by Gasteiger charge is -2.30. The van der Waals surface area contributed by atoms with Crippen LogP contribution in [0.15, 0.2) is 18.2 Å². The normalized spacial score (nSPS) is 18.3. The molecule has 1 aliphatic rings. The highest BCUT2D eigenvalue weighted by Gasteiger charge is 2.16. The standard InChI is InChI=1S/C14H23N3O2/c1-12-4-3-5-14(15-12)16(2)10-13(18)11-17-6-8-19-9-7-17/h3-5,13,18H,6-11H2,1-2H3. The summed E-state index contributed by atoms with van der Waals surface area (Å²) in [6, 6.07) is 5.93. The van der Waals surface area contributed by atoms with Crippen molar-refractivity contribution >= 4 is 5.82 Å². The van der Waals surface area contributed by atoms with Crippen molar-refractivity contribution in [1.29, 1.82) is 0 Å². The summed E-state index contributed by atoms with van der Waals surface area (Å²) in [6.45, 7) is 6.60. The number of morpholine rings is 1. The van der Waals surface area contributed by atoms with E-state index in [-0.39, 0.29) is 6.10 Å². The van der Waals surface area contributed by atoms with E-state index in [1.54, 1.807) is 0 Å². The molecular formula is C14H23N3O2. The number of aryl methyl sites for hydroxylation is 1. The molecule has 1 aliphatic heterocycles. The van der Waals surface area contributed by atoms with Crippen LogP contribution in [0, 0.1) is 6.92 Å². The maximum Gasteiger partial charge on any atom is 0.128 e. The van der Waals surface area contributed by atoms with Crippen molar-refractivity contribution in [2.45, 2.75) is 13.0 Å². The molecule has 0 amide bonds. The molecule has 1 aromatic rings. The average Bonchev–Trinajstić information content (AvgIpc) is 2.39. The third kappa shape index (κ3) is 4.45. The molecule has 5 nitrogen and oxygen atoms in total. The van der Waals surface area contributed by atoms with E-state index in [4.69, 9.17) is 4.74 Å². The Morgan fingerprint density at radius 2 is 2.16 bits per heavy atom. The summed E-state index contributed by atoms with van der Waals surface area (Å²) in [7, 11) is 1.96. The van der Waals surface area contributed by atoms with Crippen LogP contribution in [-0.2, 0) is 4.74 Å². The molecule has 1 N–H and O–H groups in total. The molecule has 2 rings (SSSR count). The lowest BCUT2D eigenvalue weighted by atomic mass is 10.2. The van der Waals surface area contributed by atoms with Crippen LogP contribution in [0.2, 0.25) is 0 Å². The summed E-state index contributed by atoms with van der Waals surface area (Å²) in [4.78, 5) is 8.69. The quantitative estimate of drug-likeness (QED) is 0.841. The van der Waals surface area contributed by atoms with Gasteiger partial charge in [-0.15, -0.1) is 0 Å². The molecule has 1 atom stereocenters. The number of rotatable bonds is 5. The molecule has 2 heterocycles. The maximum absolute atomic E-state index is 10.2. The molecule has 0 saturated carbocycles. The Hall–Kier alpha value is -1.17. The van der Waals surface area contributed by atoms with Gasteiger partial charge >= 0.3 is 0 Å². The van der Waals surface area contributed by atoms with Gasteiger partial charge in [0.15, 0.2) is 0 Å². The van der Waals surface area contributed by atoms with Gasteiger partial charge < -0.3 is 14.7 Å². The molecule has 1 saturated heterocycles. The Morgan fingerprint density at radius 3 is 2.84 bits per heavy atom. The molecule has 0 spiro atoms. The van der Waals surface area contributed by atoms with Crippen LogP contribution in [-0.4, -0.2) is 67.5 Å². The Morgan fingerprint density at radius 1 is 1.42 bits per heavy atom. The number of likely N-dealkylation sites (N-methyl/N-ethyl adjacent to an activating group) is 1. The van der Waals surface area contributed by atoms with E-state index in [1.807, 2.05) is 37.1 Å². The smallest absolute Gasteiger partial charge is 0.128 e. The zero-order chi connectivity index (χ0) is 13.7. The summed E-state index contributed by atoms with van der Waals surface area (Å²) < 4.78 is 5.30. The van der Waals surface area contributed by atoms with Gasteiger partial charge in [-0.3, -0.25) is 4.90 Å². The number of nitrogens with zero attached hydrogens (tertiary/aromatic N) is 3. The Labute approximate surface area is 114 Å². The van der Waals surface area contributed by atoms with Gasteiger partial charge in [-0.25, -0.2) is 4.98 Å². The minimum Gasteiger partial charge on any atom is -0.390 e. The minimum atomic E-state index is -0.370. The zero-order valence-corrected chi connectivity index (χ0v) is 11.7. The molecular weight excluding hydrogens is 242 g/mol. The van der Waals surface area contributed by atoms with Crippen molar-refractivity contribution in [3.8, 4) is 0 Å². The van der Waals surface area contributed by atoms with Crippen molar-refractivity contribution in [1.82, 2.24) is 9.88 Å².